The molecule has 19 heavy (non-hydrogen) atoms. The van der Waals surface area contributed by atoms with Crippen molar-refractivity contribution in [1.29, 1.82) is 0 Å². The summed E-state index contributed by atoms with van der Waals surface area (Å²) in [6, 6.07) is 4.32. The third kappa shape index (κ3) is 2.97. The van der Waals surface area contributed by atoms with Gasteiger partial charge in [0, 0.05) is 22.0 Å². The molecule has 0 radical (unpaired) electrons. The second-order valence-electron chi connectivity index (χ2n) is 5.26. The lowest BCUT2D eigenvalue weighted by Gasteiger charge is -2.27. The highest BCUT2D eigenvalue weighted by atomic mass is 79.9. The molecule has 2 aliphatic rings. The number of benzene rings is 1. The van der Waals surface area contributed by atoms with Crippen LogP contribution >= 0.6 is 31.9 Å². The van der Waals surface area contributed by atoms with Gasteiger partial charge in [-0.2, -0.15) is 0 Å². The Kier molecular flexibility index (Phi) is 3.85. The van der Waals surface area contributed by atoms with Gasteiger partial charge in [-0.15, -0.1) is 0 Å². The number of nitrogens with zero attached hydrogens (tertiary/aromatic N) is 2. The Morgan fingerprint density at radius 1 is 1.32 bits per heavy atom. The first-order valence-electron chi connectivity index (χ1n) is 6.66. The number of nitrogens with one attached hydrogen (secondary N) is 1. The lowest BCUT2D eigenvalue weighted by Crippen LogP contribution is -2.40. The molecule has 0 saturated heterocycles. The zero-order chi connectivity index (χ0) is 13.4. The Balaban J connectivity index is 1.98. The van der Waals surface area contributed by atoms with E-state index in [4.69, 9.17) is 0 Å². The maximum absolute atomic E-state index is 4.59. The summed E-state index contributed by atoms with van der Waals surface area (Å²) in [5, 5.41) is 3.39. The molecule has 1 aromatic rings. The number of aliphatic imine (C=N–C) groups is 1. The monoisotopic (exact) mass is 385 g/mol. The van der Waals surface area contributed by atoms with Gasteiger partial charge in [-0.3, -0.25) is 4.99 Å². The van der Waals surface area contributed by atoms with E-state index in [-0.39, 0.29) is 0 Å². The van der Waals surface area contributed by atoms with Crippen molar-refractivity contribution in [3.63, 3.8) is 0 Å². The third-order valence-electron chi connectivity index (χ3n) is 3.48. The molecule has 1 heterocycles. The Labute approximate surface area is 130 Å². The predicted octanol–water partition coefficient (Wildman–Crippen LogP) is 3.70. The highest BCUT2D eigenvalue weighted by Crippen LogP contribution is 2.39. The van der Waals surface area contributed by atoms with Crippen LogP contribution in [0.4, 0.5) is 5.69 Å². The summed E-state index contributed by atoms with van der Waals surface area (Å²) in [5.74, 6) is 1.82. The zero-order valence-corrected chi connectivity index (χ0v) is 14.1. The maximum Gasteiger partial charge on any atom is 0.198 e. The van der Waals surface area contributed by atoms with Crippen LogP contribution in [0.15, 0.2) is 26.1 Å². The lowest BCUT2D eigenvalue weighted by molar-refractivity contribution is 0.811. The second kappa shape index (κ2) is 5.44. The zero-order valence-electron chi connectivity index (χ0n) is 10.9. The molecule has 1 aliphatic carbocycles. The summed E-state index contributed by atoms with van der Waals surface area (Å²) in [6.45, 7) is 4.97. The molecule has 0 unspecified atom stereocenters. The van der Waals surface area contributed by atoms with Crippen LogP contribution in [0.25, 0.3) is 0 Å². The van der Waals surface area contributed by atoms with E-state index in [1.165, 1.54) is 24.1 Å². The first-order chi connectivity index (χ1) is 9.15. The normalized spacial score (nSPS) is 18.2. The second-order valence-corrected chi connectivity index (χ2v) is 6.97. The topological polar surface area (TPSA) is 27.6 Å². The lowest BCUT2D eigenvalue weighted by atomic mass is 10.2. The summed E-state index contributed by atoms with van der Waals surface area (Å²) in [4.78, 5) is 6.91. The molecule has 3 nitrogen and oxygen atoms in total. The predicted molar refractivity (Wildman–Crippen MR) is 87.0 cm³/mol. The largest absolute Gasteiger partial charge is 0.354 e. The first-order valence-corrected chi connectivity index (χ1v) is 8.25. The third-order valence-corrected chi connectivity index (χ3v) is 4.69. The van der Waals surface area contributed by atoms with E-state index < -0.39 is 0 Å². The number of hydrogen-bond acceptors (Lipinski definition) is 3. The molecule has 0 amide bonds. The summed E-state index contributed by atoms with van der Waals surface area (Å²) in [7, 11) is 0. The van der Waals surface area contributed by atoms with E-state index >= 15 is 0 Å². The minimum absolute atomic E-state index is 0.810. The average Bonchev–Trinajstić information content (AvgIpc) is 2.99. The number of hydrogen-bond donors (Lipinski definition) is 1. The Bertz CT molecular complexity index is 500. The molecular formula is C14H17Br2N3. The Morgan fingerprint density at radius 2 is 2.00 bits per heavy atom. The van der Waals surface area contributed by atoms with Crippen molar-refractivity contribution in [3.05, 3.63) is 26.6 Å². The quantitative estimate of drug-likeness (QED) is 0.857. The van der Waals surface area contributed by atoms with Gasteiger partial charge in [-0.05, 0) is 75.2 Å². The molecule has 102 valence electrons. The number of anilines is 1. The highest BCUT2D eigenvalue weighted by molar-refractivity contribution is 9.11. The smallest absolute Gasteiger partial charge is 0.198 e. The van der Waals surface area contributed by atoms with Crippen LogP contribution in [0.3, 0.4) is 0 Å². The Morgan fingerprint density at radius 3 is 2.53 bits per heavy atom. The molecule has 1 saturated carbocycles. The van der Waals surface area contributed by atoms with Crippen LogP contribution < -0.4 is 10.2 Å². The van der Waals surface area contributed by atoms with E-state index in [1.807, 2.05) is 0 Å². The van der Waals surface area contributed by atoms with E-state index in [9.17, 15) is 0 Å². The summed E-state index contributed by atoms with van der Waals surface area (Å²) >= 11 is 7.40. The fraction of sp³-hybridized carbons (Fsp3) is 0.500. The molecule has 1 fully saturated rings. The molecule has 5 heteroatoms. The molecule has 3 rings (SSSR count). The van der Waals surface area contributed by atoms with Crippen LogP contribution in [0.1, 0.15) is 18.4 Å². The van der Waals surface area contributed by atoms with Crippen molar-refractivity contribution in [2.24, 2.45) is 10.9 Å². The van der Waals surface area contributed by atoms with E-state index in [0.29, 0.717) is 0 Å². The van der Waals surface area contributed by atoms with Crippen LogP contribution in [-0.2, 0) is 0 Å². The standard InChI is InChI=1S/C14H17Br2N3/c1-9-6-11(15)13(12(16)7-9)19(8-10-2-3-10)14-17-4-5-18-14/h6-7,10H,2-5,8H2,1H3,(H,17,18). The minimum Gasteiger partial charge on any atom is -0.354 e. The van der Waals surface area contributed by atoms with Crippen molar-refractivity contribution >= 4 is 43.5 Å². The molecule has 1 aromatic carbocycles. The fourth-order valence-corrected chi connectivity index (χ4v) is 4.20. The first kappa shape index (κ1) is 13.4. The van der Waals surface area contributed by atoms with Crippen molar-refractivity contribution in [2.45, 2.75) is 19.8 Å². The molecular weight excluding hydrogens is 370 g/mol. The Hall–Kier alpha value is -0.550. The van der Waals surface area contributed by atoms with Crippen molar-refractivity contribution < 1.29 is 0 Å². The molecule has 0 spiro atoms. The SMILES string of the molecule is Cc1cc(Br)c(N(CC2CC2)C2=NCCN2)c(Br)c1. The fourth-order valence-electron chi connectivity index (χ4n) is 2.36. The van der Waals surface area contributed by atoms with Crippen molar-refractivity contribution in [3.8, 4) is 0 Å². The van der Waals surface area contributed by atoms with Gasteiger partial charge in [0.15, 0.2) is 5.96 Å². The summed E-state index contributed by atoms with van der Waals surface area (Å²) in [6.07, 6.45) is 2.68. The molecule has 0 atom stereocenters. The average molecular weight is 387 g/mol. The van der Waals surface area contributed by atoms with E-state index in [2.05, 4.69) is 66.1 Å². The van der Waals surface area contributed by atoms with Crippen molar-refractivity contribution in [2.75, 3.05) is 24.5 Å². The van der Waals surface area contributed by atoms with Crippen LogP contribution in [0, 0.1) is 12.8 Å². The minimum atomic E-state index is 0.810. The van der Waals surface area contributed by atoms with Crippen LogP contribution in [0.5, 0.6) is 0 Å². The van der Waals surface area contributed by atoms with Crippen LogP contribution in [0.2, 0.25) is 0 Å². The highest BCUT2D eigenvalue weighted by Gasteiger charge is 2.29. The maximum atomic E-state index is 4.59. The van der Waals surface area contributed by atoms with Gasteiger partial charge in [0.2, 0.25) is 0 Å². The van der Waals surface area contributed by atoms with Gasteiger partial charge in [0.1, 0.15) is 0 Å². The molecule has 0 bridgehead atoms. The molecule has 0 aromatic heterocycles. The molecule has 1 N–H and O–H groups in total. The van der Waals surface area contributed by atoms with Crippen molar-refractivity contribution in [1.82, 2.24) is 5.32 Å². The van der Waals surface area contributed by atoms with Gasteiger partial charge in [0.25, 0.3) is 0 Å². The van der Waals surface area contributed by atoms with E-state index in [0.717, 1.165) is 40.5 Å². The van der Waals surface area contributed by atoms with Gasteiger partial charge < -0.3 is 10.2 Å². The number of aryl methyl sites for hydroxylation is 1. The number of rotatable bonds is 3. The summed E-state index contributed by atoms with van der Waals surface area (Å²) in [5.41, 5.74) is 2.43. The van der Waals surface area contributed by atoms with Crippen LogP contribution in [-0.4, -0.2) is 25.6 Å². The summed E-state index contributed by atoms with van der Waals surface area (Å²) < 4.78 is 2.24. The van der Waals surface area contributed by atoms with Gasteiger partial charge in [-0.25, -0.2) is 0 Å². The van der Waals surface area contributed by atoms with Gasteiger partial charge in [0.05, 0.1) is 12.2 Å². The number of halogens is 2. The van der Waals surface area contributed by atoms with Gasteiger partial charge in [-0.1, -0.05) is 0 Å². The van der Waals surface area contributed by atoms with E-state index in [1.54, 1.807) is 0 Å². The number of guanidine groups is 1. The molecule has 1 aliphatic heterocycles. The van der Waals surface area contributed by atoms with Gasteiger partial charge >= 0.3 is 0 Å².